The number of hydrogen-bond acceptors (Lipinski definition) is 5. The number of allylic oxidation sites excluding steroid dienone is 2. The van der Waals surface area contributed by atoms with Crippen molar-refractivity contribution < 1.29 is 14.3 Å². The molecule has 0 unspecified atom stereocenters. The molecule has 0 radical (unpaired) electrons. The van der Waals surface area contributed by atoms with Gasteiger partial charge in [0, 0.05) is 18.3 Å². The largest absolute Gasteiger partial charge is 0.466 e. The zero-order chi connectivity index (χ0) is 21.0. The number of rotatable bonds is 7. The summed E-state index contributed by atoms with van der Waals surface area (Å²) in [6.07, 6.45) is 7.17. The van der Waals surface area contributed by atoms with Gasteiger partial charge < -0.3 is 9.72 Å². The van der Waals surface area contributed by atoms with Crippen molar-refractivity contribution in [2.45, 2.75) is 59.8 Å². The van der Waals surface area contributed by atoms with E-state index in [0.717, 1.165) is 41.8 Å². The fourth-order valence-electron chi connectivity index (χ4n) is 3.51. The van der Waals surface area contributed by atoms with E-state index >= 15 is 0 Å². The summed E-state index contributed by atoms with van der Waals surface area (Å²) in [5.74, 6) is -0.00145. The summed E-state index contributed by atoms with van der Waals surface area (Å²) in [6.45, 7) is 8.52. The van der Waals surface area contributed by atoms with Crippen LogP contribution in [0.15, 0.2) is 24.4 Å². The van der Waals surface area contributed by atoms with E-state index < -0.39 is 0 Å². The van der Waals surface area contributed by atoms with E-state index in [9.17, 15) is 9.59 Å². The number of esters is 1. The van der Waals surface area contributed by atoms with Crippen molar-refractivity contribution in [3.8, 4) is 0 Å². The van der Waals surface area contributed by atoms with E-state index in [1.165, 1.54) is 0 Å². The van der Waals surface area contributed by atoms with Crippen LogP contribution in [0.4, 0.5) is 0 Å². The van der Waals surface area contributed by atoms with Crippen molar-refractivity contribution in [2.24, 2.45) is 5.41 Å². The first-order chi connectivity index (χ1) is 13.8. The number of ether oxygens (including phenoxy) is 1. The molecule has 1 N–H and O–H groups in total. The monoisotopic (exact) mass is 395 g/mol. The number of ketones is 1. The molecule has 0 fully saturated rings. The number of Topliss-reactive ketones (excluding diaryl/α,β-unsaturated/α-hetero) is 1. The van der Waals surface area contributed by atoms with E-state index in [4.69, 9.17) is 9.72 Å². The number of aromatic amines is 1. The van der Waals surface area contributed by atoms with E-state index in [0.29, 0.717) is 18.1 Å². The van der Waals surface area contributed by atoms with Gasteiger partial charge in [-0.05, 0) is 55.7 Å². The number of H-pyrrole nitrogens is 1. The van der Waals surface area contributed by atoms with Gasteiger partial charge in [-0.2, -0.15) is 0 Å². The van der Waals surface area contributed by atoms with Crippen LogP contribution in [0.2, 0.25) is 0 Å². The Morgan fingerprint density at radius 3 is 2.66 bits per heavy atom. The highest BCUT2D eigenvalue weighted by Gasteiger charge is 2.25. The molecule has 0 bridgehead atoms. The highest BCUT2D eigenvalue weighted by atomic mass is 16.5. The number of nitrogens with one attached hydrogen (secondary N) is 1. The second-order valence-electron chi connectivity index (χ2n) is 8.40. The molecule has 2 aromatic rings. The topological polar surface area (TPSA) is 84.9 Å². The van der Waals surface area contributed by atoms with E-state index in [-0.39, 0.29) is 30.0 Å². The summed E-state index contributed by atoms with van der Waals surface area (Å²) in [6, 6.07) is 3.72. The number of carbonyl (C=O) groups is 2. The first-order valence-electron chi connectivity index (χ1n) is 10.2. The highest BCUT2D eigenvalue weighted by molar-refractivity contribution is 5.95. The fourth-order valence-corrected chi connectivity index (χ4v) is 3.51. The third kappa shape index (κ3) is 5.40. The minimum Gasteiger partial charge on any atom is -0.466 e. The number of aryl methyl sites for hydroxylation is 1. The Morgan fingerprint density at radius 2 is 2.03 bits per heavy atom. The van der Waals surface area contributed by atoms with E-state index in [1.807, 2.05) is 19.1 Å². The molecule has 0 aromatic carbocycles. The lowest BCUT2D eigenvalue weighted by Crippen LogP contribution is -2.17. The van der Waals surface area contributed by atoms with Crippen LogP contribution in [-0.2, 0) is 22.4 Å². The third-order valence-electron chi connectivity index (χ3n) is 5.26. The minimum absolute atomic E-state index is 0.0731. The Balaban J connectivity index is 1.91. The van der Waals surface area contributed by atoms with Crippen molar-refractivity contribution in [2.75, 3.05) is 6.61 Å². The molecule has 1 aliphatic carbocycles. The number of hydrogen-bond donors (Lipinski definition) is 1. The van der Waals surface area contributed by atoms with Crippen LogP contribution < -0.4 is 0 Å². The standard InChI is InChI=1S/C23H29N3O3/c1-5-29-20(28)13-18-7-6-17(12-19(27)22-24-14-15(2)25-22)21(26-18)16-8-10-23(3,4)11-9-16/h6-8,14H,5,9-13H2,1-4H3,(H,24,25). The van der Waals surface area contributed by atoms with Crippen LogP contribution in [0, 0.1) is 12.3 Å². The molecular formula is C23H29N3O3. The predicted molar refractivity (Wildman–Crippen MR) is 112 cm³/mol. The molecule has 0 spiro atoms. The van der Waals surface area contributed by atoms with Gasteiger partial charge in [0.05, 0.1) is 24.4 Å². The SMILES string of the molecule is CCOC(=O)Cc1ccc(CC(=O)c2ncc(C)[nH]2)c(C2=CCC(C)(C)CC2)n1. The molecule has 29 heavy (non-hydrogen) atoms. The van der Waals surface area contributed by atoms with Crippen LogP contribution >= 0.6 is 0 Å². The summed E-state index contributed by atoms with van der Waals surface area (Å²) >= 11 is 0. The fraction of sp³-hybridized carbons (Fsp3) is 0.478. The van der Waals surface area contributed by atoms with E-state index in [2.05, 4.69) is 29.9 Å². The molecule has 0 atom stereocenters. The maximum absolute atomic E-state index is 12.7. The molecule has 2 heterocycles. The second-order valence-corrected chi connectivity index (χ2v) is 8.40. The molecular weight excluding hydrogens is 366 g/mol. The van der Waals surface area contributed by atoms with Gasteiger partial charge >= 0.3 is 5.97 Å². The van der Waals surface area contributed by atoms with Crippen LogP contribution in [0.25, 0.3) is 5.57 Å². The summed E-state index contributed by atoms with van der Waals surface area (Å²) in [4.78, 5) is 36.5. The second kappa shape index (κ2) is 8.72. The third-order valence-corrected chi connectivity index (χ3v) is 5.26. The number of aromatic nitrogens is 3. The first-order valence-corrected chi connectivity index (χ1v) is 10.2. The Bertz CT molecular complexity index is 941. The van der Waals surface area contributed by atoms with Gasteiger partial charge in [0.2, 0.25) is 5.78 Å². The molecule has 1 aliphatic rings. The number of nitrogens with zero attached hydrogens (tertiary/aromatic N) is 2. The molecule has 6 heteroatoms. The van der Waals surface area contributed by atoms with Gasteiger partial charge in [-0.3, -0.25) is 14.6 Å². The highest BCUT2D eigenvalue weighted by Crippen LogP contribution is 2.38. The average Bonchev–Trinajstić information content (AvgIpc) is 3.10. The lowest BCUT2D eigenvalue weighted by Gasteiger charge is -2.29. The predicted octanol–water partition coefficient (Wildman–Crippen LogP) is 4.24. The Morgan fingerprint density at radius 1 is 1.24 bits per heavy atom. The molecule has 2 aromatic heterocycles. The van der Waals surface area contributed by atoms with Crippen molar-refractivity contribution in [1.82, 2.24) is 15.0 Å². The summed E-state index contributed by atoms with van der Waals surface area (Å²) in [5.41, 5.74) is 4.62. The van der Waals surface area contributed by atoms with Gasteiger partial charge in [-0.1, -0.05) is 26.0 Å². The maximum atomic E-state index is 12.7. The molecule has 154 valence electrons. The Hall–Kier alpha value is -2.76. The number of carbonyl (C=O) groups excluding carboxylic acids is 2. The zero-order valence-corrected chi connectivity index (χ0v) is 17.7. The zero-order valence-electron chi connectivity index (χ0n) is 17.7. The molecule has 0 aliphatic heterocycles. The lowest BCUT2D eigenvalue weighted by molar-refractivity contribution is -0.142. The van der Waals surface area contributed by atoms with Crippen molar-refractivity contribution in [3.05, 3.63) is 52.9 Å². The Labute approximate surface area is 171 Å². The molecule has 0 saturated heterocycles. The van der Waals surface area contributed by atoms with Crippen LogP contribution in [0.5, 0.6) is 0 Å². The first kappa shape index (κ1) is 21.0. The quantitative estimate of drug-likeness (QED) is 0.560. The summed E-state index contributed by atoms with van der Waals surface area (Å²) in [7, 11) is 0. The molecule has 0 saturated carbocycles. The minimum atomic E-state index is -0.292. The van der Waals surface area contributed by atoms with Crippen molar-refractivity contribution in [3.63, 3.8) is 0 Å². The molecule has 6 nitrogen and oxygen atoms in total. The van der Waals surface area contributed by atoms with E-state index in [1.54, 1.807) is 13.1 Å². The average molecular weight is 396 g/mol. The van der Waals surface area contributed by atoms with Gasteiger partial charge in [0.25, 0.3) is 0 Å². The van der Waals surface area contributed by atoms with Gasteiger partial charge in [-0.25, -0.2) is 4.98 Å². The van der Waals surface area contributed by atoms with Crippen LogP contribution in [0.1, 0.15) is 73.3 Å². The van der Waals surface area contributed by atoms with Gasteiger partial charge in [0.15, 0.2) is 5.82 Å². The number of pyridine rings is 1. The smallest absolute Gasteiger partial charge is 0.311 e. The summed E-state index contributed by atoms with van der Waals surface area (Å²) in [5, 5.41) is 0. The van der Waals surface area contributed by atoms with Crippen molar-refractivity contribution in [1.29, 1.82) is 0 Å². The van der Waals surface area contributed by atoms with Gasteiger partial charge in [0.1, 0.15) is 0 Å². The molecule has 3 rings (SSSR count). The van der Waals surface area contributed by atoms with Crippen molar-refractivity contribution >= 4 is 17.3 Å². The van der Waals surface area contributed by atoms with Gasteiger partial charge in [-0.15, -0.1) is 0 Å². The van der Waals surface area contributed by atoms with Crippen LogP contribution in [-0.4, -0.2) is 33.3 Å². The normalized spacial score (nSPS) is 15.7. The molecule has 0 amide bonds. The summed E-state index contributed by atoms with van der Waals surface area (Å²) < 4.78 is 5.05. The van der Waals surface area contributed by atoms with Crippen LogP contribution in [0.3, 0.4) is 0 Å². The number of imidazole rings is 1. The Kier molecular flexibility index (Phi) is 6.30. The lowest BCUT2D eigenvalue weighted by atomic mass is 9.77. The maximum Gasteiger partial charge on any atom is 0.311 e.